The standard InChI is InChI=1S/C75H130O6/c1-4-7-10-13-16-19-22-25-28-30-31-32-33-34-35-36-37-38-39-40-41-42-43-45-47-50-53-56-59-62-65-68-74(77)80-71-72(70-79-73(76)67-64-61-58-55-52-49-46-27-24-21-18-15-12-9-6-3)81-75(78)69-66-63-60-57-54-51-48-44-29-26-23-20-17-14-11-8-5-2/h7-8,10-11,16-17,19-20,25-29,31-32,46,72H,4-6,9,12-15,18,21-24,30,33-45,47-71H2,1-3H3/b10-7-,11-8-,19-16-,20-17-,28-25-,29-26-,32-31-,46-27-. The summed E-state index contributed by atoms with van der Waals surface area (Å²) in [5.74, 6) is -0.884. The van der Waals surface area contributed by atoms with Crippen molar-refractivity contribution in [2.45, 2.75) is 348 Å². The van der Waals surface area contributed by atoms with E-state index in [9.17, 15) is 14.4 Å². The van der Waals surface area contributed by atoms with Crippen molar-refractivity contribution in [1.82, 2.24) is 0 Å². The van der Waals surface area contributed by atoms with E-state index in [4.69, 9.17) is 14.2 Å². The Morgan fingerprint density at radius 3 is 0.765 bits per heavy atom. The van der Waals surface area contributed by atoms with Gasteiger partial charge in [0.05, 0.1) is 0 Å². The Morgan fingerprint density at radius 2 is 0.481 bits per heavy atom. The van der Waals surface area contributed by atoms with E-state index in [2.05, 4.69) is 118 Å². The smallest absolute Gasteiger partial charge is 0.306 e. The van der Waals surface area contributed by atoms with E-state index >= 15 is 0 Å². The summed E-state index contributed by atoms with van der Waals surface area (Å²) in [6.07, 6.45) is 92.9. The molecule has 0 spiro atoms. The summed E-state index contributed by atoms with van der Waals surface area (Å²) in [6, 6.07) is 0. The van der Waals surface area contributed by atoms with Crippen LogP contribution in [0.25, 0.3) is 0 Å². The molecule has 466 valence electrons. The molecule has 6 nitrogen and oxygen atoms in total. The number of allylic oxidation sites excluding steroid dienone is 16. The lowest BCUT2D eigenvalue weighted by molar-refractivity contribution is -0.167. The van der Waals surface area contributed by atoms with Gasteiger partial charge in [0, 0.05) is 19.3 Å². The Labute approximate surface area is 502 Å². The van der Waals surface area contributed by atoms with Gasteiger partial charge in [-0.2, -0.15) is 0 Å². The van der Waals surface area contributed by atoms with E-state index in [1.165, 1.54) is 186 Å². The van der Waals surface area contributed by atoms with E-state index in [0.717, 1.165) is 116 Å². The highest BCUT2D eigenvalue weighted by molar-refractivity contribution is 5.71. The highest BCUT2D eigenvalue weighted by Crippen LogP contribution is 2.17. The summed E-state index contributed by atoms with van der Waals surface area (Å²) >= 11 is 0. The summed E-state index contributed by atoms with van der Waals surface area (Å²) in [5.41, 5.74) is 0. The molecule has 0 bridgehead atoms. The summed E-state index contributed by atoms with van der Waals surface area (Å²) in [4.78, 5) is 38.4. The molecule has 0 aliphatic heterocycles. The van der Waals surface area contributed by atoms with E-state index in [-0.39, 0.29) is 31.1 Å². The minimum Gasteiger partial charge on any atom is -0.462 e. The van der Waals surface area contributed by atoms with Gasteiger partial charge in [-0.15, -0.1) is 0 Å². The molecule has 0 rings (SSSR count). The zero-order valence-corrected chi connectivity index (χ0v) is 53.5. The van der Waals surface area contributed by atoms with Gasteiger partial charge in [-0.1, -0.05) is 304 Å². The first-order valence-corrected chi connectivity index (χ1v) is 34.7. The third-order valence-electron chi connectivity index (χ3n) is 15.1. The maximum atomic E-state index is 12.9. The number of hydrogen-bond acceptors (Lipinski definition) is 6. The number of esters is 3. The molecule has 0 aromatic carbocycles. The van der Waals surface area contributed by atoms with Gasteiger partial charge < -0.3 is 14.2 Å². The van der Waals surface area contributed by atoms with Crippen molar-refractivity contribution in [3.8, 4) is 0 Å². The second kappa shape index (κ2) is 68.8. The Balaban J connectivity index is 4.22. The van der Waals surface area contributed by atoms with E-state index in [1.54, 1.807) is 0 Å². The molecular weight excluding hydrogens is 997 g/mol. The number of carbonyl (C=O) groups excluding carboxylic acids is 3. The van der Waals surface area contributed by atoms with Crippen LogP contribution in [-0.2, 0) is 28.6 Å². The maximum absolute atomic E-state index is 12.9. The highest BCUT2D eigenvalue weighted by atomic mass is 16.6. The molecule has 1 unspecified atom stereocenters. The molecule has 1 atom stereocenters. The molecule has 0 aliphatic rings. The van der Waals surface area contributed by atoms with Crippen LogP contribution in [0.4, 0.5) is 0 Å². The van der Waals surface area contributed by atoms with Gasteiger partial charge in [0.15, 0.2) is 6.10 Å². The van der Waals surface area contributed by atoms with Crippen molar-refractivity contribution in [2.24, 2.45) is 0 Å². The third-order valence-corrected chi connectivity index (χ3v) is 15.1. The minimum absolute atomic E-state index is 0.0809. The molecule has 0 saturated carbocycles. The molecule has 0 N–H and O–H groups in total. The van der Waals surface area contributed by atoms with Crippen LogP contribution in [-0.4, -0.2) is 37.2 Å². The predicted octanol–water partition coefficient (Wildman–Crippen LogP) is 24.0. The van der Waals surface area contributed by atoms with Crippen molar-refractivity contribution in [2.75, 3.05) is 13.2 Å². The van der Waals surface area contributed by atoms with E-state index in [1.807, 2.05) is 0 Å². The average molecular weight is 1130 g/mol. The molecule has 0 radical (unpaired) electrons. The first-order valence-electron chi connectivity index (χ1n) is 34.7. The van der Waals surface area contributed by atoms with Crippen LogP contribution >= 0.6 is 0 Å². The molecule has 0 aliphatic carbocycles. The quantitative estimate of drug-likeness (QED) is 0.0261. The topological polar surface area (TPSA) is 78.9 Å². The largest absolute Gasteiger partial charge is 0.462 e. The van der Waals surface area contributed by atoms with Gasteiger partial charge in [0.25, 0.3) is 0 Å². The van der Waals surface area contributed by atoms with Crippen LogP contribution in [0.15, 0.2) is 97.2 Å². The van der Waals surface area contributed by atoms with E-state index in [0.29, 0.717) is 19.3 Å². The Morgan fingerprint density at radius 1 is 0.259 bits per heavy atom. The van der Waals surface area contributed by atoms with Gasteiger partial charge in [-0.25, -0.2) is 0 Å². The van der Waals surface area contributed by atoms with Crippen molar-refractivity contribution >= 4 is 17.9 Å². The summed E-state index contributed by atoms with van der Waals surface area (Å²) in [7, 11) is 0. The zero-order valence-electron chi connectivity index (χ0n) is 53.5. The van der Waals surface area contributed by atoms with Gasteiger partial charge >= 0.3 is 17.9 Å². The van der Waals surface area contributed by atoms with Gasteiger partial charge in [-0.05, 0) is 116 Å². The van der Waals surface area contributed by atoms with Crippen molar-refractivity contribution in [1.29, 1.82) is 0 Å². The fourth-order valence-corrected chi connectivity index (χ4v) is 9.92. The van der Waals surface area contributed by atoms with Crippen LogP contribution in [0.2, 0.25) is 0 Å². The van der Waals surface area contributed by atoms with Crippen molar-refractivity contribution in [3.05, 3.63) is 97.2 Å². The zero-order chi connectivity index (χ0) is 58.5. The monoisotopic (exact) mass is 1130 g/mol. The second-order valence-electron chi connectivity index (χ2n) is 23.0. The SMILES string of the molecule is CC/C=C\C/C=C\C/C=C\C/C=C\CCCCCCCCCCCCCCCCCCCCC(=O)OCC(COC(=O)CCCCCCC/C=C\CCCCCCCC)OC(=O)CCCCCCCCC/C=C\C/C=C\C/C=C\CC. The van der Waals surface area contributed by atoms with Gasteiger partial charge in [0.1, 0.15) is 13.2 Å². The Kier molecular flexibility index (Phi) is 65.7. The Hall–Kier alpha value is -3.67. The summed E-state index contributed by atoms with van der Waals surface area (Å²) in [6.45, 7) is 6.44. The minimum atomic E-state index is -0.786. The normalized spacial score (nSPS) is 12.7. The first-order chi connectivity index (χ1) is 40.0. The fourth-order valence-electron chi connectivity index (χ4n) is 9.92. The third kappa shape index (κ3) is 67.0. The predicted molar refractivity (Wildman–Crippen MR) is 353 cm³/mol. The van der Waals surface area contributed by atoms with Crippen LogP contribution in [0.3, 0.4) is 0 Å². The second-order valence-corrected chi connectivity index (χ2v) is 23.0. The molecular formula is C75H130O6. The van der Waals surface area contributed by atoms with Crippen molar-refractivity contribution in [3.63, 3.8) is 0 Å². The van der Waals surface area contributed by atoms with Crippen LogP contribution in [0.5, 0.6) is 0 Å². The fraction of sp³-hybridized carbons (Fsp3) is 0.747. The molecule has 6 heteroatoms. The van der Waals surface area contributed by atoms with Crippen LogP contribution < -0.4 is 0 Å². The molecule has 0 aromatic heterocycles. The first kappa shape index (κ1) is 77.3. The molecule has 0 amide bonds. The lowest BCUT2D eigenvalue weighted by atomic mass is 10.0. The number of hydrogen-bond donors (Lipinski definition) is 0. The highest BCUT2D eigenvalue weighted by Gasteiger charge is 2.19. The number of carbonyl (C=O) groups is 3. The molecule has 81 heavy (non-hydrogen) atoms. The Bertz CT molecular complexity index is 1580. The van der Waals surface area contributed by atoms with Gasteiger partial charge in [-0.3, -0.25) is 14.4 Å². The van der Waals surface area contributed by atoms with Crippen LogP contribution in [0.1, 0.15) is 342 Å². The average Bonchev–Trinajstić information content (AvgIpc) is 3.47. The number of ether oxygens (including phenoxy) is 3. The molecule has 0 aromatic rings. The summed E-state index contributed by atoms with van der Waals surface area (Å²) < 4.78 is 17.0. The lowest BCUT2D eigenvalue weighted by Gasteiger charge is -2.18. The lowest BCUT2D eigenvalue weighted by Crippen LogP contribution is -2.30. The van der Waals surface area contributed by atoms with Crippen molar-refractivity contribution < 1.29 is 28.6 Å². The maximum Gasteiger partial charge on any atom is 0.306 e. The van der Waals surface area contributed by atoms with Crippen LogP contribution in [0, 0.1) is 0 Å². The molecule has 0 fully saturated rings. The summed E-state index contributed by atoms with van der Waals surface area (Å²) in [5, 5.41) is 0. The number of rotatable bonds is 63. The number of unbranched alkanes of at least 4 members (excludes halogenated alkanes) is 36. The molecule has 0 saturated heterocycles. The van der Waals surface area contributed by atoms with Gasteiger partial charge in [0.2, 0.25) is 0 Å². The van der Waals surface area contributed by atoms with E-state index < -0.39 is 6.10 Å². The molecule has 0 heterocycles.